The Morgan fingerprint density at radius 1 is 1.07 bits per heavy atom. The van der Waals surface area contributed by atoms with E-state index in [0.29, 0.717) is 35.4 Å². The number of fused-ring (bicyclic) bond motifs is 5. The SMILES string of the molecule is CCC1C(=O)[C@@H]2[C@H](CC[C@]3(C)[C@@H]([C@H](C)CCC(=O)O)CC[C@@H]23)[C@@]2(C)CC[C@@H](O)C[C@@H]12. The molecule has 0 amide bonds. The molecule has 0 aliphatic heterocycles. The molecule has 4 saturated carbocycles. The van der Waals surface area contributed by atoms with Crippen LogP contribution in [0.1, 0.15) is 91.9 Å². The second-order valence-electron chi connectivity index (χ2n) is 11.8. The average molecular weight is 419 g/mol. The Kier molecular flexibility index (Phi) is 5.87. The summed E-state index contributed by atoms with van der Waals surface area (Å²) in [5.74, 6) is 2.31. The summed E-state index contributed by atoms with van der Waals surface area (Å²) in [4.78, 5) is 25.0. The van der Waals surface area contributed by atoms with E-state index in [-0.39, 0.29) is 35.2 Å². The van der Waals surface area contributed by atoms with Gasteiger partial charge in [0.1, 0.15) is 5.78 Å². The molecule has 0 aromatic rings. The molecule has 170 valence electrons. The van der Waals surface area contributed by atoms with Crippen LogP contribution in [0.3, 0.4) is 0 Å². The zero-order valence-corrected chi connectivity index (χ0v) is 19.4. The minimum atomic E-state index is -0.697. The molecule has 4 rings (SSSR count). The maximum absolute atomic E-state index is 13.9. The van der Waals surface area contributed by atoms with Gasteiger partial charge in [0.25, 0.3) is 0 Å². The van der Waals surface area contributed by atoms with Crippen LogP contribution in [0.15, 0.2) is 0 Å². The highest BCUT2D eigenvalue weighted by Crippen LogP contribution is 2.68. The lowest BCUT2D eigenvalue weighted by molar-refractivity contribution is -0.173. The molecule has 0 saturated heterocycles. The number of hydrogen-bond donors (Lipinski definition) is 2. The molecule has 4 nitrogen and oxygen atoms in total. The van der Waals surface area contributed by atoms with E-state index in [4.69, 9.17) is 5.11 Å². The largest absolute Gasteiger partial charge is 0.481 e. The summed E-state index contributed by atoms with van der Waals surface area (Å²) < 4.78 is 0. The van der Waals surface area contributed by atoms with E-state index in [0.717, 1.165) is 51.4 Å². The summed E-state index contributed by atoms with van der Waals surface area (Å²) in [6.45, 7) is 9.28. The van der Waals surface area contributed by atoms with Crippen molar-refractivity contribution in [1.82, 2.24) is 0 Å². The van der Waals surface area contributed by atoms with E-state index < -0.39 is 5.97 Å². The number of carboxylic acids is 1. The Bertz CT molecular complexity index is 689. The first-order valence-corrected chi connectivity index (χ1v) is 12.6. The van der Waals surface area contributed by atoms with Crippen LogP contribution in [0.5, 0.6) is 0 Å². The van der Waals surface area contributed by atoms with E-state index in [1.54, 1.807) is 0 Å². The number of carbonyl (C=O) groups is 2. The molecule has 10 atom stereocenters. The van der Waals surface area contributed by atoms with E-state index in [1.807, 2.05) is 0 Å². The lowest BCUT2D eigenvalue weighted by atomic mass is 9.42. The third kappa shape index (κ3) is 3.27. The molecule has 4 heteroatoms. The van der Waals surface area contributed by atoms with Gasteiger partial charge in [-0.05, 0) is 98.2 Å². The third-order valence-corrected chi connectivity index (χ3v) is 10.7. The van der Waals surface area contributed by atoms with Crippen LogP contribution in [0.2, 0.25) is 0 Å². The van der Waals surface area contributed by atoms with Gasteiger partial charge in [0, 0.05) is 18.3 Å². The number of aliphatic hydroxyl groups excluding tert-OH is 1. The summed E-state index contributed by atoms with van der Waals surface area (Å²) >= 11 is 0. The molecule has 4 aliphatic rings. The van der Waals surface area contributed by atoms with Gasteiger partial charge < -0.3 is 10.2 Å². The van der Waals surface area contributed by atoms with E-state index in [2.05, 4.69) is 27.7 Å². The Balaban J connectivity index is 1.62. The molecular weight excluding hydrogens is 376 g/mol. The van der Waals surface area contributed by atoms with E-state index in [9.17, 15) is 14.7 Å². The first-order chi connectivity index (χ1) is 14.1. The van der Waals surface area contributed by atoms with Crippen molar-refractivity contribution < 1.29 is 19.8 Å². The molecule has 0 radical (unpaired) electrons. The fraction of sp³-hybridized carbons (Fsp3) is 0.923. The van der Waals surface area contributed by atoms with Crippen LogP contribution in [0, 0.1) is 52.3 Å². The van der Waals surface area contributed by atoms with Crippen molar-refractivity contribution in [2.45, 2.75) is 98.0 Å². The molecular formula is C26H42O4. The number of ketones is 1. The molecule has 4 fully saturated rings. The molecule has 2 N–H and O–H groups in total. The second-order valence-corrected chi connectivity index (χ2v) is 11.8. The van der Waals surface area contributed by atoms with Crippen molar-refractivity contribution in [3.8, 4) is 0 Å². The molecule has 0 spiro atoms. The summed E-state index contributed by atoms with van der Waals surface area (Å²) in [5, 5.41) is 19.5. The van der Waals surface area contributed by atoms with Crippen LogP contribution in [-0.2, 0) is 9.59 Å². The fourth-order valence-electron chi connectivity index (χ4n) is 9.16. The minimum Gasteiger partial charge on any atom is -0.481 e. The van der Waals surface area contributed by atoms with Crippen LogP contribution in [0.4, 0.5) is 0 Å². The van der Waals surface area contributed by atoms with Crippen molar-refractivity contribution in [2.24, 2.45) is 52.3 Å². The van der Waals surface area contributed by atoms with Crippen LogP contribution in [-0.4, -0.2) is 28.1 Å². The van der Waals surface area contributed by atoms with Gasteiger partial charge in [-0.3, -0.25) is 9.59 Å². The smallest absolute Gasteiger partial charge is 0.303 e. The summed E-state index contributed by atoms with van der Waals surface area (Å²) in [7, 11) is 0. The Labute approximate surface area is 182 Å². The molecule has 1 unspecified atom stereocenters. The highest BCUT2D eigenvalue weighted by atomic mass is 16.4. The number of carbonyl (C=O) groups excluding carboxylic acids is 1. The van der Waals surface area contributed by atoms with Gasteiger partial charge in [-0.25, -0.2) is 0 Å². The van der Waals surface area contributed by atoms with Gasteiger partial charge in [-0.15, -0.1) is 0 Å². The zero-order chi connectivity index (χ0) is 21.8. The number of hydrogen-bond acceptors (Lipinski definition) is 3. The Morgan fingerprint density at radius 3 is 2.40 bits per heavy atom. The number of carboxylic acid groups (broad SMARTS) is 1. The lowest BCUT2D eigenvalue weighted by Gasteiger charge is -2.62. The first-order valence-electron chi connectivity index (χ1n) is 12.6. The molecule has 0 bridgehead atoms. The van der Waals surface area contributed by atoms with Crippen molar-refractivity contribution in [2.75, 3.05) is 0 Å². The maximum Gasteiger partial charge on any atom is 0.303 e. The quantitative estimate of drug-likeness (QED) is 0.633. The van der Waals surface area contributed by atoms with Gasteiger partial charge in [0.05, 0.1) is 6.10 Å². The first kappa shape index (κ1) is 22.3. The lowest BCUT2D eigenvalue weighted by Crippen LogP contribution is -2.60. The van der Waals surface area contributed by atoms with Gasteiger partial charge in [-0.2, -0.15) is 0 Å². The van der Waals surface area contributed by atoms with Crippen molar-refractivity contribution >= 4 is 11.8 Å². The van der Waals surface area contributed by atoms with Crippen LogP contribution in [0.25, 0.3) is 0 Å². The van der Waals surface area contributed by atoms with Gasteiger partial charge in [0.2, 0.25) is 0 Å². The van der Waals surface area contributed by atoms with Crippen molar-refractivity contribution in [3.05, 3.63) is 0 Å². The molecule has 0 aromatic heterocycles. The molecule has 0 heterocycles. The van der Waals surface area contributed by atoms with E-state index >= 15 is 0 Å². The minimum absolute atomic E-state index is 0.108. The average Bonchev–Trinajstić information content (AvgIpc) is 3.05. The monoisotopic (exact) mass is 418 g/mol. The number of Topliss-reactive ketones (excluding diaryl/α,β-unsaturated/α-hetero) is 1. The maximum atomic E-state index is 13.9. The fourth-order valence-corrected chi connectivity index (χ4v) is 9.16. The summed E-state index contributed by atoms with van der Waals surface area (Å²) in [6, 6.07) is 0. The standard InChI is InChI=1S/C26H42O4/c1-5-17-21-14-16(27)10-12-26(21,4)20-11-13-25(3)18(15(2)6-9-22(28)29)7-8-19(25)23(20)24(17)30/h15-21,23,27H,5-14H2,1-4H3,(H,28,29)/t15-,16-,17?,18-,19+,20+,21+,23+,25-,26-/m1/s1. The Hall–Kier alpha value is -0.900. The topological polar surface area (TPSA) is 74.6 Å². The second kappa shape index (κ2) is 7.90. The van der Waals surface area contributed by atoms with Crippen molar-refractivity contribution in [1.29, 1.82) is 0 Å². The number of aliphatic carboxylic acids is 1. The van der Waals surface area contributed by atoms with Gasteiger partial charge in [0.15, 0.2) is 0 Å². The normalized spacial score (nSPS) is 49.1. The zero-order valence-electron chi connectivity index (χ0n) is 19.4. The molecule has 4 aliphatic carbocycles. The predicted molar refractivity (Wildman–Crippen MR) is 117 cm³/mol. The summed E-state index contributed by atoms with van der Waals surface area (Å²) in [6.07, 6.45) is 9.01. The highest BCUT2D eigenvalue weighted by molar-refractivity contribution is 5.86. The highest BCUT2D eigenvalue weighted by Gasteiger charge is 2.65. The Morgan fingerprint density at radius 2 is 1.73 bits per heavy atom. The molecule has 0 aromatic carbocycles. The number of rotatable bonds is 5. The third-order valence-electron chi connectivity index (χ3n) is 10.7. The van der Waals surface area contributed by atoms with Crippen LogP contribution >= 0.6 is 0 Å². The van der Waals surface area contributed by atoms with Gasteiger partial charge in [-0.1, -0.05) is 27.7 Å². The van der Waals surface area contributed by atoms with E-state index in [1.165, 1.54) is 6.42 Å². The van der Waals surface area contributed by atoms with Crippen LogP contribution < -0.4 is 0 Å². The number of aliphatic hydroxyl groups is 1. The van der Waals surface area contributed by atoms with Crippen molar-refractivity contribution in [3.63, 3.8) is 0 Å². The van der Waals surface area contributed by atoms with Gasteiger partial charge >= 0.3 is 5.97 Å². The predicted octanol–water partition coefficient (Wildman–Crippen LogP) is 5.32. The summed E-state index contributed by atoms with van der Waals surface area (Å²) in [5.41, 5.74) is 0.358. The molecule has 30 heavy (non-hydrogen) atoms.